The van der Waals surface area contributed by atoms with Gasteiger partial charge in [0.05, 0.1) is 12.7 Å². The van der Waals surface area contributed by atoms with Crippen molar-refractivity contribution < 1.29 is 14.3 Å². The Morgan fingerprint density at radius 1 is 1.00 bits per heavy atom. The number of ether oxygens (including phenoxy) is 2. The van der Waals surface area contributed by atoms with E-state index in [1.165, 1.54) is 0 Å². The summed E-state index contributed by atoms with van der Waals surface area (Å²) in [6.07, 6.45) is 1.11. The minimum atomic E-state index is -0.157. The van der Waals surface area contributed by atoms with Crippen molar-refractivity contribution in [1.29, 1.82) is 0 Å². The fraction of sp³-hybridized carbons (Fsp3) is 0.381. The molecule has 0 saturated carbocycles. The molecule has 0 radical (unpaired) electrons. The number of amides is 1. The van der Waals surface area contributed by atoms with Crippen LogP contribution in [0.3, 0.4) is 0 Å². The second-order valence-electron chi connectivity index (χ2n) is 6.70. The van der Waals surface area contributed by atoms with E-state index in [9.17, 15) is 4.79 Å². The Hall–Kier alpha value is -2.49. The van der Waals surface area contributed by atoms with E-state index in [0.717, 1.165) is 23.6 Å². The van der Waals surface area contributed by atoms with Gasteiger partial charge in [-0.15, -0.1) is 0 Å². The fourth-order valence-electron chi connectivity index (χ4n) is 2.24. The van der Waals surface area contributed by atoms with Crippen molar-refractivity contribution in [3.05, 3.63) is 54.1 Å². The van der Waals surface area contributed by atoms with Crippen LogP contribution in [0.1, 0.15) is 44.5 Å². The molecule has 0 fully saturated rings. The van der Waals surface area contributed by atoms with E-state index >= 15 is 0 Å². The van der Waals surface area contributed by atoms with Crippen molar-refractivity contribution in [1.82, 2.24) is 0 Å². The van der Waals surface area contributed by atoms with Gasteiger partial charge in [-0.05, 0) is 62.6 Å². The number of nitrogens with one attached hydrogen (secondary N) is 1. The Balaban J connectivity index is 1.95. The molecule has 0 bridgehead atoms. The fourth-order valence-corrected chi connectivity index (χ4v) is 2.24. The smallest absolute Gasteiger partial charge is 0.255 e. The number of hydrogen-bond donors (Lipinski definition) is 1. The van der Waals surface area contributed by atoms with Crippen molar-refractivity contribution in [3.63, 3.8) is 0 Å². The van der Waals surface area contributed by atoms with E-state index in [2.05, 4.69) is 19.2 Å². The lowest BCUT2D eigenvalue weighted by Crippen LogP contribution is -2.12. The van der Waals surface area contributed by atoms with Gasteiger partial charge >= 0.3 is 0 Å². The molecular weight excluding hydrogens is 314 g/mol. The minimum Gasteiger partial charge on any atom is -0.494 e. The number of carbonyl (C=O) groups is 1. The molecule has 0 spiro atoms. The number of hydrogen-bond acceptors (Lipinski definition) is 3. The average Bonchev–Trinajstić information content (AvgIpc) is 2.55. The molecule has 2 rings (SSSR count). The number of anilines is 1. The Labute approximate surface area is 150 Å². The zero-order valence-corrected chi connectivity index (χ0v) is 15.4. The Kier molecular flexibility index (Phi) is 6.87. The largest absolute Gasteiger partial charge is 0.494 e. The second kappa shape index (κ2) is 9.11. The molecule has 0 aliphatic rings. The lowest BCUT2D eigenvalue weighted by atomic mass is 10.1. The summed E-state index contributed by atoms with van der Waals surface area (Å²) in [4.78, 5) is 12.4. The predicted octanol–water partition coefficient (Wildman–Crippen LogP) is 5.15. The zero-order valence-electron chi connectivity index (χ0n) is 15.4. The van der Waals surface area contributed by atoms with Crippen LogP contribution in [-0.2, 0) is 0 Å². The summed E-state index contributed by atoms with van der Waals surface area (Å²) in [5, 5.41) is 2.90. The molecule has 1 N–H and O–H groups in total. The van der Waals surface area contributed by atoms with Crippen LogP contribution < -0.4 is 14.8 Å². The summed E-state index contributed by atoms with van der Waals surface area (Å²) < 4.78 is 11.3. The Bertz CT molecular complexity index is 678. The summed E-state index contributed by atoms with van der Waals surface area (Å²) in [6.45, 7) is 8.94. The molecular formula is C21H27NO3. The summed E-state index contributed by atoms with van der Waals surface area (Å²) >= 11 is 0. The lowest BCUT2D eigenvalue weighted by molar-refractivity contribution is 0.102. The minimum absolute atomic E-state index is 0.109. The van der Waals surface area contributed by atoms with Gasteiger partial charge < -0.3 is 14.8 Å². The molecule has 0 aliphatic heterocycles. The third-order valence-corrected chi connectivity index (χ3v) is 3.54. The number of carbonyl (C=O) groups excluding carboxylic acids is 1. The first-order chi connectivity index (χ1) is 11.9. The van der Waals surface area contributed by atoms with Crippen LogP contribution in [0, 0.1) is 5.92 Å². The molecule has 4 nitrogen and oxygen atoms in total. The summed E-state index contributed by atoms with van der Waals surface area (Å²) in [5.41, 5.74) is 1.30. The maximum atomic E-state index is 12.4. The van der Waals surface area contributed by atoms with Crippen LogP contribution in [0.5, 0.6) is 11.5 Å². The summed E-state index contributed by atoms with van der Waals surface area (Å²) in [5.74, 6) is 1.96. The van der Waals surface area contributed by atoms with Crippen LogP contribution in [0.25, 0.3) is 0 Å². The maximum Gasteiger partial charge on any atom is 0.255 e. The van der Waals surface area contributed by atoms with Crippen molar-refractivity contribution in [2.24, 2.45) is 5.92 Å². The average molecular weight is 341 g/mol. The first kappa shape index (κ1) is 18.8. The van der Waals surface area contributed by atoms with Gasteiger partial charge in [0.25, 0.3) is 5.91 Å². The van der Waals surface area contributed by atoms with Crippen LogP contribution >= 0.6 is 0 Å². The van der Waals surface area contributed by atoms with Gasteiger partial charge in [-0.1, -0.05) is 19.9 Å². The highest BCUT2D eigenvalue weighted by Gasteiger charge is 2.08. The van der Waals surface area contributed by atoms with E-state index in [0.29, 0.717) is 18.1 Å². The third kappa shape index (κ3) is 6.49. The topological polar surface area (TPSA) is 47.6 Å². The summed E-state index contributed by atoms with van der Waals surface area (Å²) in [6, 6.07) is 14.6. The van der Waals surface area contributed by atoms with Crippen LogP contribution in [0.4, 0.5) is 5.69 Å². The van der Waals surface area contributed by atoms with Gasteiger partial charge in [-0.2, -0.15) is 0 Å². The molecule has 2 aromatic rings. The van der Waals surface area contributed by atoms with Gasteiger partial charge in [-0.3, -0.25) is 4.79 Å². The van der Waals surface area contributed by atoms with Crippen molar-refractivity contribution in [2.45, 2.75) is 40.2 Å². The molecule has 0 atom stereocenters. The van der Waals surface area contributed by atoms with Crippen molar-refractivity contribution in [3.8, 4) is 11.5 Å². The van der Waals surface area contributed by atoms with Crippen molar-refractivity contribution >= 4 is 11.6 Å². The van der Waals surface area contributed by atoms with Crippen LogP contribution in [0.15, 0.2) is 48.5 Å². The monoisotopic (exact) mass is 341 g/mol. The zero-order chi connectivity index (χ0) is 18.2. The molecule has 2 aromatic carbocycles. The maximum absolute atomic E-state index is 12.4. The molecule has 25 heavy (non-hydrogen) atoms. The van der Waals surface area contributed by atoms with Gasteiger partial charge in [0.2, 0.25) is 0 Å². The normalized spacial score (nSPS) is 10.8. The molecule has 4 heteroatoms. The molecule has 0 heterocycles. The molecule has 1 amide bonds. The number of benzene rings is 2. The second-order valence-corrected chi connectivity index (χ2v) is 6.70. The van der Waals surface area contributed by atoms with E-state index in [4.69, 9.17) is 9.47 Å². The van der Waals surface area contributed by atoms with E-state index < -0.39 is 0 Å². The summed E-state index contributed by atoms with van der Waals surface area (Å²) in [7, 11) is 0. The number of rotatable bonds is 8. The first-order valence-electron chi connectivity index (χ1n) is 8.75. The van der Waals surface area contributed by atoms with E-state index in [1.807, 2.05) is 38.1 Å². The van der Waals surface area contributed by atoms with Gasteiger partial charge in [-0.25, -0.2) is 0 Å². The van der Waals surface area contributed by atoms with Crippen molar-refractivity contribution in [2.75, 3.05) is 11.9 Å². The Morgan fingerprint density at radius 2 is 1.72 bits per heavy atom. The molecule has 134 valence electrons. The quantitative estimate of drug-likeness (QED) is 0.722. The SMILES string of the molecule is CC(C)CCOc1cccc(NC(=O)c2ccc(OC(C)C)cc2)c1. The molecule has 0 saturated heterocycles. The molecule has 0 unspecified atom stereocenters. The highest BCUT2D eigenvalue weighted by molar-refractivity contribution is 6.04. The van der Waals surface area contributed by atoms with Gasteiger partial charge in [0.15, 0.2) is 0 Å². The Morgan fingerprint density at radius 3 is 2.36 bits per heavy atom. The highest BCUT2D eigenvalue weighted by Crippen LogP contribution is 2.20. The van der Waals surface area contributed by atoms with Crippen LogP contribution in [-0.4, -0.2) is 18.6 Å². The molecule has 0 aliphatic carbocycles. The van der Waals surface area contributed by atoms with Crippen LogP contribution in [0.2, 0.25) is 0 Å². The van der Waals surface area contributed by atoms with E-state index in [1.54, 1.807) is 24.3 Å². The third-order valence-electron chi connectivity index (χ3n) is 3.54. The predicted molar refractivity (Wildman–Crippen MR) is 102 cm³/mol. The standard InChI is InChI=1S/C21H27NO3/c1-15(2)12-13-24-20-7-5-6-18(14-20)22-21(23)17-8-10-19(11-9-17)25-16(3)4/h5-11,14-16H,12-13H2,1-4H3,(H,22,23). The van der Waals surface area contributed by atoms with Gasteiger partial charge in [0.1, 0.15) is 11.5 Å². The first-order valence-corrected chi connectivity index (χ1v) is 8.75. The highest BCUT2D eigenvalue weighted by atomic mass is 16.5. The van der Waals surface area contributed by atoms with Gasteiger partial charge in [0, 0.05) is 17.3 Å². The molecule has 0 aromatic heterocycles. The lowest BCUT2D eigenvalue weighted by Gasteiger charge is -2.11. The van der Waals surface area contributed by atoms with E-state index in [-0.39, 0.29) is 12.0 Å².